The lowest BCUT2D eigenvalue weighted by Crippen LogP contribution is -2.40. The van der Waals surface area contributed by atoms with Gasteiger partial charge < -0.3 is 35.2 Å². The molecule has 34 heavy (non-hydrogen) atoms. The van der Waals surface area contributed by atoms with Crippen molar-refractivity contribution in [2.24, 2.45) is 5.64 Å². The second-order valence-corrected chi connectivity index (χ2v) is 8.37. The Morgan fingerprint density at radius 1 is 0.882 bits per heavy atom. The molecule has 0 saturated carbocycles. The van der Waals surface area contributed by atoms with Gasteiger partial charge >= 0.3 is 0 Å². The van der Waals surface area contributed by atoms with E-state index in [-0.39, 0.29) is 20.6 Å². The van der Waals surface area contributed by atoms with Crippen molar-refractivity contribution >= 4 is 7.41 Å². The molecule has 0 bridgehead atoms. The molecule has 2 unspecified atom stereocenters. The number of aliphatic hydroxyl groups excluding tert-OH is 3. The van der Waals surface area contributed by atoms with Crippen LogP contribution in [0.1, 0.15) is 22.3 Å². The van der Waals surface area contributed by atoms with Crippen molar-refractivity contribution in [3.05, 3.63) is 101 Å². The van der Waals surface area contributed by atoms with Gasteiger partial charge in [-0.1, -0.05) is 66.7 Å². The average molecular weight is 463 g/mol. The first-order chi connectivity index (χ1) is 16.5. The highest BCUT2D eigenvalue weighted by Gasteiger charge is 2.45. The molecule has 3 aromatic carbocycles. The SMILES string of the molecule is COc1ccc(C(OC[C@H]2O[C@@H](BN)C(O)[C@H]2O)(c2ccccc2)c2ccc(CO)cc2)cc1. The molecule has 1 fully saturated rings. The van der Waals surface area contributed by atoms with Crippen molar-refractivity contribution in [3.63, 3.8) is 0 Å². The summed E-state index contributed by atoms with van der Waals surface area (Å²) in [5, 5.41) is 30.4. The Bertz CT molecular complexity index is 1000. The molecular formula is C26H30BNO6. The monoisotopic (exact) mass is 463 g/mol. The highest BCUT2D eigenvalue weighted by Crippen LogP contribution is 2.42. The molecule has 1 aliphatic heterocycles. The van der Waals surface area contributed by atoms with Gasteiger partial charge in [-0.05, 0) is 34.4 Å². The minimum atomic E-state index is -1.12. The zero-order valence-electron chi connectivity index (χ0n) is 19.1. The van der Waals surface area contributed by atoms with Gasteiger partial charge in [-0.25, -0.2) is 0 Å². The summed E-state index contributed by atoms with van der Waals surface area (Å²) in [7, 11) is 1.71. The molecule has 3 aromatic rings. The molecule has 1 saturated heterocycles. The molecule has 4 rings (SSSR count). The molecule has 0 spiro atoms. The summed E-state index contributed by atoms with van der Waals surface area (Å²) in [6.45, 7) is -0.0557. The maximum Gasteiger partial charge on any atom is 0.235 e. The number of ether oxygens (including phenoxy) is 3. The molecule has 1 aliphatic rings. The van der Waals surface area contributed by atoms with E-state index in [2.05, 4.69) is 0 Å². The van der Waals surface area contributed by atoms with Gasteiger partial charge in [0.05, 0.1) is 26.3 Å². The van der Waals surface area contributed by atoms with E-state index < -0.39 is 29.9 Å². The third kappa shape index (κ3) is 4.61. The second kappa shape index (κ2) is 10.7. The first kappa shape index (κ1) is 24.4. The number of aliphatic hydroxyl groups is 3. The number of benzene rings is 3. The van der Waals surface area contributed by atoms with Crippen molar-refractivity contribution in [2.75, 3.05) is 13.7 Å². The number of methoxy groups -OCH3 is 1. The molecule has 0 aliphatic carbocycles. The molecule has 0 amide bonds. The van der Waals surface area contributed by atoms with Crippen LogP contribution in [0.15, 0.2) is 78.9 Å². The van der Waals surface area contributed by atoms with E-state index >= 15 is 0 Å². The third-order valence-electron chi connectivity index (χ3n) is 6.38. The van der Waals surface area contributed by atoms with Gasteiger partial charge in [-0.3, -0.25) is 0 Å². The van der Waals surface area contributed by atoms with Crippen LogP contribution in [-0.4, -0.2) is 60.8 Å². The molecule has 0 aromatic heterocycles. The van der Waals surface area contributed by atoms with Crippen molar-refractivity contribution < 1.29 is 29.5 Å². The van der Waals surface area contributed by atoms with Crippen molar-refractivity contribution in [1.29, 1.82) is 0 Å². The van der Waals surface area contributed by atoms with Crippen molar-refractivity contribution in [2.45, 2.75) is 36.5 Å². The Labute approximate surface area is 200 Å². The van der Waals surface area contributed by atoms with E-state index in [4.69, 9.17) is 19.9 Å². The molecule has 1 heterocycles. The van der Waals surface area contributed by atoms with Crippen LogP contribution in [0.5, 0.6) is 5.75 Å². The summed E-state index contributed by atoms with van der Waals surface area (Å²) in [5.74, 6) is 0.713. The quantitative estimate of drug-likeness (QED) is 0.279. The van der Waals surface area contributed by atoms with E-state index in [0.29, 0.717) is 5.75 Å². The summed E-state index contributed by atoms with van der Waals surface area (Å²) >= 11 is 0. The number of nitrogens with two attached hydrogens (primary N) is 1. The molecule has 178 valence electrons. The van der Waals surface area contributed by atoms with E-state index in [1.165, 1.54) is 0 Å². The van der Waals surface area contributed by atoms with E-state index in [0.717, 1.165) is 22.3 Å². The number of hydrogen-bond donors (Lipinski definition) is 4. The molecule has 7 nitrogen and oxygen atoms in total. The van der Waals surface area contributed by atoms with Crippen LogP contribution < -0.4 is 10.4 Å². The predicted octanol–water partition coefficient (Wildman–Crippen LogP) is 1.25. The lowest BCUT2D eigenvalue weighted by molar-refractivity contribution is -0.0754. The first-order valence-electron chi connectivity index (χ1n) is 11.3. The lowest BCUT2D eigenvalue weighted by atomic mass is 9.79. The summed E-state index contributed by atoms with van der Waals surface area (Å²) in [6.07, 6.45) is -2.94. The van der Waals surface area contributed by atoms with Gasteiger partial charge in [0.1, 0.15) is 29.7 Å². The maximum absolute atomic E-state index is 10.5. The lowest BCUT2D eigenvalue weighted by Gasteiger charge is -2.37. The Kier molecular flexibility index (Phi) is 7.68. The van der Waals surface area contributed by atoms with Crippen molar-refractivity contribution in [3.8, 4) is 5.75 Å². The Morgan fingerprint density at radius 3 is 2.00 bits per heavy atom. The minimum absolute atomic E-state index is 0.0113. The summed E-state index contributed by atoms with van der Waals surface area (Å²) < 4.78 is 17.9. The Hall–Kier alpha value is -2.72. The Morgan fingerprint density at radius 2 is 1.47 bits per heavy atom. The van der Waals surface area contributed by atoms with E-state index in [1.54, 1.807) is 7.11 Å². The van der Waals surface area contributed by atoms with Crippen LogP contribution in [0.2, 0.25) is 0 Å². The van der Waals surface area contributed by atoms with Crippen LogP contribution in [0.4, 0.5) is 0 Å². The molecule has 0 radical (unpaired) electrons. The zero-order chi connectivity index (χ0) is 24.1. The van der Waals surface area contributed by atoms with Crippen LogP contribution in [0.3, 0.4) is 0 Å². The van der Waals surface area contributed by atoms with E-state index in [9.17, 15) is 15.3 Å². The number of rotatable bonds is 9. The highest BCUT2D eigenvalue weighted by atomic mass is 16.6. The van der Waals surface area contributed by atoms with Gasteiger partial charge in [0.15, 0.2) is 0 Å². The van der Waals surface area contributed by atoms with Gasteiger partial charge in [0.25, 0.3) is 0 Å². The number of hydrogen-bond acceptors (Lipinski definition) is 7. The van der Waals surface area contributed by atoms with Crippen LogP contribution in [0.25, 0.3) is 0 Å². The van der Waals surface area contributed by atoms with E-state index in [1.807, 2.05) is 78.9 Å². The normalized spacial score (nSPS) is 23.9. The standard InChI is InChI=1S/C26H30BNO6/c1-32-21-13-11-20(12-14-21)26(18-5-3-2-4-6-18,19-9-7-17(15-29)8-10-19)33-16-22-23(30)24(31)25(27-28)34-22/h2-14,22-25,27,29-31H,15-16,28H2,1H3/t22-,23+,24?,25-,26?/m1/s1. The van der Waals surface area contributed by atoms with Crippen LogP contribution in [0, 0.1) is 0 Å². The molecule has 5 N–H and O–H groups in total. The molecule has 5 atom stereocenters. The fourth-order valence-electron chi connectivity index (χ4n) is 4.46. The summed E-state index contributed by atoms with van der Waals surface area (Å²) in [5.41, 5.74) is 7.97. The van der Waals surface area contributed by atoms with Gasteiger partial charge in [-0.15, -0.1) is 0 Å². The Balaban J connectivity index is 1.81. The largest absolute Gasteiger partial charge is 0.497 e. The highest BCUT2D eigenvalue weighted by molar-refractivity contribution is 6.33. The predicted molar refractivity (Wildman–Crippen MR) is 130 cm³/mol. The summed E-state index contributed by atoms with van der Waals surface area (Å²) in [4.78, 5) is 0. The smallest absolute Gasteiger partial charge is 0.235 e. The second-order valence-electron chi connectivity index (χ2n) is 8.37. The molecule has 8 heteroatoms. The van der Waals surface area contributed by atoms with Crippen molar-refractivity contribution in [1.82, 2.24) is 0 Å². The van der Waals surface area contributed by atoms with Crippen LogP contribution >= 0.6 is 0 Å². The zero-order valence-corrected chi connectivity index (χ0v) is 19.1. The maximum atomic E-state index is 10.5. The minimum Gasteiger partial charge on any atom is -0.497 e. The fraction of sp³-hybridized carbons (Fsp3) is 0.308. The average Bonchev–Trinajstić information content (AvgIpc) is 3.18. The molecular weight excluding hydrogens is 433 g/mol. The topological polar surface area (TPSA) is 114 Å². The summed E-state index contributed by atoms with van der Waals surface area (Å²) in [6, 6.07) is 24.3. The first-order valence-corrected chi connectivity index (χ1v) is 11.3. The van der Waals surface area contributed by atoms with Gasteiger partial charge in [0, 0.05) is 0 Å². The van der Waals surface area contributed by atoms with Gasteiger partial charge in [0.2, 0.25) is 7.41 Å². The fourth-order valence-corrected chi connectivity index (χ4v) is 4.46. The third-order valence-corrected chi connectivity index (χ3v) is 6.38. The van der Waals surface area contributed by atoms with Gasteiger partial charge in [-0.2, -0.15) is 0 Å². The van der Waals surface area contributed by atoms with Crippen LogP contribution in [-0.2, 0) is 21.7 Å².